The Bertz CT molecular complexity index is 939. The summed E-state index contributed by atoms with van der Waals surface area (Å²) in [4.78, 5) is 22.9. The Morgan fingerprint density at radius 1 is 0.739 bits per heavy atom. The van der Waals surface area contributed by atoms with Gasteiger partial charge in [-0.25, -0.2) is 4.57 Å². The summed E-state index contributed by atoms with van der Waals surface area (Å²) in [7, 11) is 1.52. The van der Waals surface area contributed by atoms with Crippen LogP contribution in [0.5, 0.6) is 0 Å². The summed E-state index contributed by atoms with van der Waals surface area (Å²) >= 11 is 0. The number of amides is 1. The maximum atomic E-state index is 12.7. The number of aliphatic hydroxyl groups is 1. The molecule has 0 fully saturated rings. The number of phosphoric acid groups is 1. The van der Waals surface area contributed by atoms with E-state index in [0.29, 0.717) is 17.4 Å². The highest BCUT2D eigenvalue weighted by Crippen LogP contribution is 2.43. The quantitative estimate of drug-likeness (QED) is 0.0306. The van der Waals surface area contributed by atoms with Crippen molar-refractivity contribution in [1.29, 1.82) is 0 Å². The topological polar surface area (TPSA) is 105 Å². The lowest BCUT2D eigenvalue weighted by Crippen LogP contribution is -2.45. The van der Waals surface area contributed by atoms with Crippen LogP contribution in [0.4, 0.5) is 0 Å². The van der Waals surface area contributed by atoms with E-state index in [2.05, 4.69) is 67.8 Å². The third-order valence-corrected chi connectivity index (χ3v) is 8.13. The van der Waals surface area contributed by atoms with Gasteiger partial charge in [0.25, 0.3) is 0 Å². The van der Waals surface area contributed by atoms with Gasteiger partial charge in [-0.2, -0.15) is 0 Å². The summed E-state index contributed by atoms with van der Waals surface area (Å²) < 4.78 is 23.3. The van der Waals surface area contributed by atoms with Crippen molar-refractivity contribution in [2.45, 2.75) is 129 Å². The Labute approximate surface area is 281 Å². The van der Waals surface area contributed by atoms with Crippen LogP contribution in [0.25, 0.3) is 0 Å². The number of carbonyl (C=O) groups excluding carboxylic acids is 1. The first-order chi connectivity index (χ1) is 22.0. The number of aliphatic hydroxyl groups excluding tert-OH is 1. The van der Waals surface area contributed by atoms with Gasteiger partial charge in [0, 0.05) is 6.42 Å². The Morgan fingerprint density at radius 2 is 1.26 bits per heavy atom. The van der Waals surface area contributed by atoms with Crippen LogP contribution < -0.4 is 5.32 Å². The number of nitrogens with zero attached hydrogens (tertiary/aromatic N) is 1. The molecule has 0 saturated heterocycles. The van der Waals surface area contributed by atoms with Gasteiger partial charge < -0.3 is 19.8 Å². The largest absolute Gasteiger partial charge is 0.472 e. The summed E-state index contributed by atoms with van der Waals surface area (Å²) in [5, 5.41) is 13.6. The minimum absolute atomic E-state index is 0.0476. The maximum absolute atomic E-state index is 12.7. The number of unbranched alkanes of at least 4 members (excludes halogenated alkanes) is 9. The van der Waals surface area contributed by atoms with Crippen molar-refractivity contribution in [3.05, 3.63) is 60.8 Å². The highest BCUT2D eigenvalue weighted by atomic mass is 31.2. The van der Waals surface area contributed by atoms with E-state index >= 15 is 0 Å². The number of rotatable bonds is 30. The number of nitrogens with one attached hydrogen (secondary N) is 1. The van der Waals surface area contributed by atoms with Crippen LogP contribution in [-0.2, 0) is 18.4 Å². The minimum atomic E-state index is -4.34. The molecule has 0 radical (unpaired) electrons. The van der Waals surface area contributed by atoms with Crippen molar-refractivity contribution < 1.29 is 32.9 Å². The van der Waals surface area contributed by atoms with E-state index in [0.717, 1.165) is 83.5 Å². The van der Waals surface area contributed by atoms with Crippen molar-refractivity contribution in [2.24, 2.45) is 0 Å². The monoisotopic (exact) mass is 667 g/mol. The standard InChI is InChI=1S/C37H67N2O6P/c1-6-8-10-12-14-16-18-19-21-23-25-27-29-31-37(41)38-35(34-45-46(42,43)44-33-32-39(3,4)5)36(40)30-28-26-24-22-20-17-15-13-11-9-7-2/h10-13,16,18,20,22,28,30,35-36,40H,6-9,14-15,17,19,21,23-27,29,31-34H2,1-5H3,(H-,38,41,42,43)/p+1/b12-10-,13-11+,18-16-,22-20+,30-28+. The normalized spacial score (nSPS) is 15.5. The van der Waals surface area contributed by atoms with E-state index < -0.39 is 20.0 Å². The molecule has 0 aliphatic heterocycles. The van der Waals surface area contributed by atoms with Crippen LogP contribution in [0.3, 0.4) is 0 Å². The molecule has 0 bridgehead atoms. The summed E-state index contributed by atoms with van der Waals surface area (Å²) in [5.41, 5.74) is 0. The smallest absolute Gasteiger partial charge is 0.387 e. The van der Waals surface area contributed by atoms with Crippen LogP contribution in [0.1, 0.15) is 117 Å². The fourth-order valence-corrected chi connectivity index (χ4v) is 5.03. The van der Waals surface area contributed by atoms with E-state index in [1.54, 1.807) is 6.08 Å². The predicted octanol–water partition coefficient (Wildman–Crippen LogP) is 8.73. The number of quaternary nitrogens is 1. The molecule has 3 unspecified atom stereocenters. The molecule has 0 saturated carbocycles. The predicted molar refractivity (Wildman–Crippen MR) is 193 cm³/mol. The molecule has 0 aromatic rings. The lowest BCUT2D eigenvalue weighted by molar-refractivity contribution is -0.870. The Balaban J connectivity index is 4.69. The van der Waals surface area contributed by atoms with E-state index in [9.17, 15) is 19.4 Å². The van der Waals surface area contributed by atoms with Gasteiger partial charge >= 0.3 is 7.82 Å². The zero-order valence-electron chi connectivity index (χ0n) is 29.8. The van der Waals surface area contributed by atoms with E-state index in [1.165, 1.54) is 12.8 Å². The molecule has 1 amide bonds. The molecule has 0 aliphatic rings. The zero-order chi connectivity index (χ0) is 34.4. The molecule has 3 atom stereocenters. The zero-order valence-corrected chi connectivity index (χ0v) is 30.7. The summed E-state index contributed by atoms with van der Waals surface area (Å²) in [6, 6.07) is -0.875. The SMILES string of the molecule is CCC/C=C\C/C=C\CCCCCCCC(=O)NC(COP(=O)(O)OCC[N+](C)(C)C)C(O)/C=C/CC/C=C/CC/C=C/CCC. The van der Waals surface area contributed by atoms with Gasteiger partial charge in [-0.15, -0.1) is 0 Å². The van der Waals surface area contributed by atoms with Gasteiger partial charge in [0.15, 0.2) is 0 Å². The second-order valence-electron chi connectivity index (χ2n) is 12.9. The lowest BCUT2D eigenvalue weighted by atomic mass is 10.1. The van der Waals surface area contributed by atoms with Gasteiger partial charge in [-0.3, -0.25) is 13.8 Å². The number of likely N-dealkylation sites (N-methyl/N-ethyl adjacent to an activating group) is 1. The minimum Gasteiger partial charge on any atom is -0.387 e. The second-order valence-corrected chi connectivity index (χ2v) is 14.3. The molecule has 266 valence electrons. The van der Waals surface area contributed by atoms with Gasteiger partial charge in [-0.05, 0) is 64.2 Å². The first kappa shape index (κ1) is 44.2. The van der Waals surface area contributed by atoms with E-state index in [1.807, 2.05) is 27.2 Å². The molecule has 0 aliphatic carbocycles. The third kappa shape index (κ3) is 30.8. The van der Waals surface area contributed by atoms with Gasteiger partial charge in [0.2, 0.25) is 5.91 Å². The fraction of sp³-hybridized carbons (Fsp3) is 0.703. The molecule has 8 nitrogen and oxygen atoms in total. The maximum Gasteiger partial charge on any atom is 0.472 e. The van der Waals surface area contributed by atoms with Gasteiger partial charge in [0.05, 0.1) is 39.9 Å². The number of carbonyl (C=O) groups is 1. The lowest BCUT2D eigenvalue weighted by Gasteiger charge is -2.25. The summed E-state index contributed by atoms with van der Waals surface area (Å²) in [6.07, 6.45) is 35.8. The highest BCUT2D eigenvalue weighted by Gasteiger charge is 2.27. The van der Waals surface area contributed by atoms with Gasteiger partial charge in [0.1, 0.15) is 13.2 Å². The first-order valence-electron chi connectivity index (χ1n) is 17.7. The van der Waals surface area contributed by atoms with Crippen molar-refractivity contribution in [1.82, 2.24) is 5.32 Å². The van der Waals surface area contributed by atoms with Gasteiger partial charge in [-0.1, -0.05) is 107 Å². The summed E-state index contributed by atoms with van der Waals surface area (Å²) in [6.45, 7) is 4.58. The van der Waals surface area contributed by atoms with Crippen LogP contribution in [0.2, 0.25) is 0 Å². The Morgan fingerprint density at radius 3 is 1.87 bits per heavy atom. The average molecular weight is 668 g/mol. The Hall–Kier alpha value is -1.80. The molecule has 0 aromatic heterocycles. The summed E-state index contributed by atoms with van der Waals surface area (Å²) in [5.74, 6) is -0.213. The van der Waals surface area contributed by atoms with Crippen molar-refractivity contribution >= 4 is 13.7 Å². The third-order valence-electron chi connectivity index (χ3n) is 7.15. The van der Waals surface area contributed by atoms with Crippen LogP contribution in [0, 0.1) is 0 Å². The molecule has 0 heterocycles. The highest BCUT2D eigenvalue weighted by molar-refractivity contribution is 7.47. The van der Waals surface area contributed by atoms with E-state index in [4.69, 9.17) is 9.05 Å². The van der Waals surface area contributed by atoms with E-state index in [-0.39, 0.29) is 19.1 Å². The van der Waals surface area contributed by atoms with Crippen molar-refractivity contribution in [3.8, 4) is 0 Å². The van der Waals surface area contributed by atoms with Crippen LogP contribution >= 0.6 is 7.82 Å². The number of hydrogen-bond donors (Lipinski definition) is 3. The molecular formula is C37H68N2O6P+. The number of allylic oxidation sites excluding steroid dienone is 9. The fourth-order valence-electron chi connectivity index (χ4n) is 4.29. The van der Waals surface area contributed by atoms with Crippen molar-refractivity contribution in [2.75, 3.05) is 40.9 Å². The molecule has 0 spiro atoms. The molecule has 9 heteroatoms. The first-order valence-corrected chi connectivity index (χ1v) is 19.2. The second kappa shape index (κ2) is 29.3. The number of hydrogen-bond acceptors (Lipinski definition) is 5. The molecule has 0 aromatic carbocycles. The van der Waals surface area contributed by atoms with Crippen LogP contribution in [0.15, 0.2) is 60.8 Å². The van der Waals surface area contributed by atoms with Crippen molar-refractivity contribution in [3.63, 3.8) is 0 Å². The molecule has 3 N–H and O–H groups in total. The molecule has 0 rings (SSSR count). The Kier molecular flexibility index (Phi) is 28.2. The molecular weight excluding hydrogens is 599 g/mol. The van der Waals surface area contributed by atoms with Crippen LogP contribution in [-0.4, -0.2) is 73.4 Å². The molecule has 46 heavy (non-hydrogen) atoms. The number of phosphoric ester groups is 1. The average Bonchev–Trinajstić information content (AvgIpc) is 2.99.